The van der Waals surface area contributed by atoms with Crippen molar-refractivity contribution in [2.24, 2.45) is 0 Å². The Morgan fingerprint density at radius 2 is 2.33 bits per heavy atom. The van der Waals surface area contributed by atoms with Crippen LogP contribution in [0.5, 0.6) is 0 Å². The molecule has 0 unspecified atom stereocenters. The van der Waals surface area contributed by atoms with Crippen LogP contribution >= 0.6 is 11.3 Å². The highest BCUT2D eigenvalue weighted by Gasteiger charge is 2.06. The third-order valence-corrected chi connectivity index (χ3v) is 3.41. The number of thiophene rings is 1. The number of hydrogen-bond acceptors (Lipinski definition) is 4. The summed E-state index contributed by atoms with van der Waals surface area (Å²) in [5.41, 5.74) is 2.18. The van der Waals surface area contributed by atoms with Crippen LogP contribution in [0, 0.1) is 0 Å². The van der Waals surface area contributed by atoms with E-state index in [1.165, 1.54) is 6.39 Å². The van der Waals surface area contributed by atoms with Crippen LogP contribution in [0.2, 0.25) is 0 Å². The SMILES string of the molecule is O=C(Cc1cccs1)Nc1ccc2ncoc2c1. The molecule has 0 aliphatic heterocycles. The molecule has 0 aliphatic rings. The number of nitrogens with one attached hydrogen (secondary N) is 1. The Labute approximate surface area is 107 Å². The van der Waals surface area contributed by atoms with E-state index in [1.54, 1.807) is 17.4 Å². The Bertz CT molecular complexity index is 673. The van der Waals surface area contributed by atoms with Crippen molar-refractivity contribution in [2.45, 2.75) is 6.42 Å². The zero-order chi connectivity index (χ0) is 12.4. The number of rotatable bonds is 3. The average Bonchev–Trinajstić information content (AvgIpc) is 2.98. The van der Waals surface area contributed by atoms with Gasteiger partial charge in [-0.25, -0.2) is 4.98 Å². The number of hydrogen-bond donors (Lipinski definition) is 1. The van der Waals surface area contributed by atoms with Gasteiger partial charge in [0.1, 0.15) is 5.52 Å². The molecule has 0 aliphatic carbocycles. The van der Waals surface area contributed by atoms with Gasteiger partial charge in [0.25, 0.3) is 0 Å². The number of nitrogens with zero attached hydrogens (tertiary/aromatic N) is 1. The summed E-state index contributed by atoms with van der Waals surface area (Å²) >= 11 is 1.58. The lowest BCUT2D eigenvalue weighted by Gasteiger charge is -2.03. The van der Waals surface area contributed by atoms with Crippen molar-refractivity contribution in [3.05, 3.63) is 47.0 Å². The molecule has 2 aromatic heterocycles. The van der Waals surface area contributed by atoms with Crippen LogP contribution in [0.25, 0.3) is 11.1 Å². The monoisotopic (exact) mass is 258 g/mol. The minimum atomic E-state index is -0.0312. The van der Waals surface area contributed by atoms with E-state index in [2.05, 4.69) is 10.3 Å². The third kappa shape index (κ3) is 2.26. The molecule has 0 radical (unpaired) electrons. The van der Waals surface area contributed by atoms with E-state index < -0.39 is 0 Å². The van der Waals surface area contributed by atoms with Crippen molar-refractivity contribution in [3.8, 4) is 0 Å². The molecule has 5 heteroatoms. The minimum absolute atomic E-state index is 0.0312. The molecule has 0 fully saturated rings. The summed E-state index contributed by atoms with van der Waals surface area (Å²) in [7, 11) is 0. The molecule has 1 amide bonds. The molecule has 0 saturated heterocycles. The molecule has 1 N–H and O–H groups in total. The zero-order valence-electron chi connectivity index (χ0n) is 9.42. The summed E-state index contributed by atoms with van der Waals surface area (Å²) in [6.45, 7) is 0. The summed E-state index contributed by atoms with van der Waals surface area (Å²) in [5.74, 6) is -0.0312. The van der Waals surface area contributed by atoms with Crippen molar-refractivity contribution in [1.29, 1.82) is 0 Å². The normalized spacial score (nSPS) is 10.7. The lowest BCUT2D eigenvalue weighted by atomic mass is 10.2. The molecule has 1 aromatic carbocycles. The second-order valence-corrected chi connectivity index (χ2v) is 4.87. The molecule has 0 bridgehead atoms. The Morgan fingerprint density at radius 3 is 3.17 bits per heavy atom. The fourth-order valence-corrected chi connectivity index (χ4v) is 2.41. The van der Waals surface area contributed by atoms with E-state index in [9.17, 15) is 4.79 Å². The predicted molar refractivity (Wildman–Crippen MR) is 70.7 cm³/mol. The van der Waals surface area contributed by atoms with Gasteiger partial charge in [0.05, 0.1) is 6.42 Å². The van der Waals surface area contributed by atoms with Gasteiger partial charge in [-0.2, -0.15) is 0 Å². The van der Waals surface area contributed by atoms with E-state index in [1.807, 2.05) is 29.6 Å². The maximum Gasteiger partial charge on any atom is 0.229 e. The Balaban J connectivity index is 1.73. The largest absolute Gasteiger partial charge is 0.443 e. The van der Waals surface area contributed by atoms with Gasteiger partial charge in [0.15, 0.2) is 12.0 Å². The number of anilines is 1. The first-order valence-electron chi connectivity index (χ1n) is 5.47. The molecular formula is C13H10N2O2S. The first-order chi connectivity index (χ1) is 8.81. The van der Waals surface area contributed by atoms with Gasteiger partial charge in [0.2, 0.25) is 5.91 Å². The number of oxazole rings is 1. The summed E-state index contributed by atoms with van der Waals surface area (Å²) in [5, 5.41) is 4.80. The number of benzene rings is 1. The van der Waals surface area contributed by atoms with E-state index in [4.69, 9.17) is 4.42 Å². The van der Waals surface area contributed by atoms with Gasteiger partial charge in [-0.1, -0.05) is 6.07 Å². The Hall–Kier alpha value is -2.14. The average molecular weight is 258 g/mol. The number of fused-ring (bicyclic) bond motifs is 1. The fraction of sp³-hybridized carbons (Fsp3) is 0.0769. The zero-order valence-corrected chi connectivity index (χ0v) is 10.2. The highest BCUT2D eigenvalue weighted by molar-refractivity contribution is 7.10. The van der Waals surface area contributed by atoms with Crippen LogP contribution < -0.4 is 5.32 Å². The van der Waals surface area contributed by atoms with E-state index in [0.717, 1.165) is 16.1 Å². The van der Waals surface area contributed by atoms with Crippen molar-refractivity contribution < 1.29 is 9.21 Å². The Morgan fingerprint density at radius 1 is 1.39 bits per heavy atom. The topological polar surface area (TPSA) is 55.1 Å². The molecule has 3 rings (SSSR count). The molecule has 2 heterocycles. The van der Waals surface area contributed by atoms with Gasteiger partial charge in [-0.15, -0.1) is 11.3 Å². The van der Waals surface area contributed by atoms with Crippen LogP contribution in [0.3, 0.4) is 0 Å². The van der Waals surface area contributed by atoms with E-state index in [0.29, 0.717) is 12.0 Å². The highest BCUT2D eigenvalue weighted by Crippen LogP contribution is 2.18. The standard InChI is InChI=1S/C13H10N2O2S/c16-13(7-10-2-1-5-18-10)15-9-3-4-11-12(6-9)17-8-14-11/h1-6,8H,7H2,(H,15,16). The highest BCUT2D eigenvalue weighted by atomic mass is 32.1. The molecule has 3 aromatic rings. The van der Waals surface area contributed by atoms with E-state index in [-0.39, 0.29) is 5.91 Å². The maximum absolute atomic E-state index is 11.8. The molecule has 18 heavy (non-hydrogen) atoms. The van der Waals surface area contributed by atoms with E-state index >= 15 is 0 Å². The second-order valence-electron chi connectivity index (χ2n) is 3.84. The van der Waals surface area contributed by atoms with Gasteiger partial charge >= 0.3 is 0 Å². The van der Waals surface area contributed by atoms with Crippen LogP contribution in [0.4, 0.5) is 5.69 Å². The fourth-order valence-electron chi connectivity index (χ4n) is 1.71. The molecule has 0 saturated carbocycles. The third-order valence-electron chi connectivity index (χ3n) is 2.53. The number of amides is 1. The van der Waals surface area contributed by atoms with Crippen molar-refractivity contribution in [3.63, 3.8) is 0 Å². The Kier molecular flexibility index (Phi) is 2.82. The molecular weight excluding hydrogens is 248 g/mol. The molecule has 0 atom stereocenters. The quantitative estimate of drug-likeness (QED) is 0.785. The predicted octanol–water partition coefficient (Wildman–Crippen LogP) is 3.07. The van der Waals surface area contributed by atoms with Gasteiger partial charge in [0, 0.05) is 16.6 Å². The van der Waals surface area contributed by atoms with Crippen molar-refractivity contribution in [2.75, 3.05) is 5.32 Å². The smallest absolute Gasteiger partial charge is 0.229 e. The van der Waals surface area contributed by atoms with Crippen molar-refractivity contribution >= 4 is 34.0 Å². The lowest BCUT2D eigenvalue weighted by Crippen LogP contribution is -2.13. The number of carbonyl (C=O) groups excluding carboxylic acids is 1. The first kappa shape index (κ1) is 11.0. The minimum Gasteiger partial charge on any atom is -0.443 e. The second kappa shape index (κ2) is 4.62. The van der Waals surface area contributed by atoms with Crippen LogP contribution in [0.15, 0.2) is 46.5 Å². The van der Waals surface area contributed by atoms with Crippen LogP contribution in [0.1, 0.15) is 4.88 Å². The van der Waals surface area contributed by atoms with Crippen LogP contribution in [-0.4, -0.2) is 10.9 Å². The van der Waals surface area contributed by atoms with Gasteiger partial charge in [-0.3, -0.25) is 4.79 Å². The van der Waals surface area contributed by atoms with Crippen LogP contribution in [-0.2, 0) is 11.2 Å². The number of carbonyl (C=O) groups is 1. The summed E-state index contributed by atoms with van der Waals surface area (Å²) in [6.07, 6.45) is 1.79. The molecule has 4 nitrogen and oxygen atoms in total. The summed E-state index contributed by atoms with van der Waals surface area (Å²) in [6, 6.07) is 9.29. The lowest BCUT2D eigenvalue weighted by molar-refractivity contribution is -0.115. The summed E-state index contributed by atoms with van der Waals surface area (Å²) < 4.78 is 5.19. The van der Waals surface area contributed by atoms with Gasteiger partial charge in [-0.05, 0) is 23.6 Å². The van der Waals surface area contributed by atoms with Gasteiger partial charge < -0.3 is 9.73 Å². The van der Waals surface area contributed by atoms with Crippen molar-refractivity contribution in [1.82, 2.24) is 4.98 Å². The first-order valence-corrected chi connectivity index (χ1v) is 6.35. The molecule has 0 spiro atoms. The number of aromatic nitrogens is 1. The summed E-state index contributed by atoms with van der Waals surface area (Å²) in [4.78, 5) is 16.9. The molecule has 90 valence electrons. The maximum atomic E-state index is 11.8.